The molecule has 1 aliphatic heterocycles. The van der Waals surface area contributed by atoms with Crippen molar-refractivity contribution in [1.29, 1.82) is 0 Å². The number of carbonyl (C=O) groups is 2. The Hall–Kier alpha value is -2.12. The fourth-order valence-corrected chi connectivity index (χ4v) is 2.30. The normalized spacial score (nSPS) is 19.1. The minimum Gasteiger partial charge on any atom is -0.458 e. The summed E-state index contributed by atoms with van der Waals surface area (Å²) in [6, 6.07) is 1.07. The first kappa shape index (κ1) is 17.2. The number of halogens is 3. The molecule has 0 bridgehead atoms. The molecule has 2 heterocycles. The van der Waals surface area contributed by atoms with Crippen LogP contribution in [0.2, 0.25) is 0 Å². The number of aromatic nitrogens is 1. The van der Waals surface area contributed by atoms with Gasteiger partial charge in [-0.3, -0.25) is 9.69 Å². The first-order valence-corrected chi connectivity index (χ1v) is 7.07. The van der Waals surface area contributed by atoms with Crippen LogP contribution in [0.5, 0.6) is 0 Å². The van der Waals surface area contributed by atoms with E-state index in [-0.39, 0.29) is 24.4 Å². The molecule has 0 aromatic carbocycles. The van der Waals surface area contributed by atoms with Gasteiger partial charge in [-0.15, -0.1) is 0 Å². The summed E-state index contributed by atoms with van der Waals surface area (Å²) < 4.78 is 42.9. The van der Waals surface area contributed by atoms with Crippen LogP contribution in [0.3, 0.4) is 0 Å². The summed E-state index contributed by atoms with van der Waals surface area (Å²) in [5.74, 6) is -0.925. The van der Waals surface area contributed by atoms with Crippen molar-refractivity contribution in [2.75, 3.05) is 4.90 Å². The lowest BCUT2D eigenvalue weighted by Gasteiger charge is -2.27. The number of nitrogens with zero attached hydrogens (tertiary/aromatic N) is 2. The zero-order chi connectivity index (χ0) is 17.4. The first-order valence-electron chi connectivity index (χ1n) is 7.07. The summed E-state index contributed by atoms with van der Waals surface area (Å²) in [6.45, 7) is 5.10. The molecule has 1 aromatic rings. The van der Waals surface area contributed by atoms with Crippen molar-refractivity contribution in [2.45, 2.75) is 51.4 Å². The van der Waals surface area contributed by atoms with Crippen LogP contribution in [-0.4, -0.2) is 28.5 Å². The Morgan fingerprint density at radius 1 is 1.30 bits per heavy atom. The number of carbonyl (C=O) groups excluding carboxylic acids is 2. The molecule has 1 aromatic heterocycles. The van der Waals surface area contributed by atoms with E-state index < -0.39 is 29.5 Å². The number of amides is 1. The zero-order valence-electron chi connectivity index (χ0n) is 13.0. The lowest BCUT2D eigenvalue weighted by molar-refractivity contribution is -0.156. The van der Waals surface area contributed by atoms with Crippen molar-refractivity contribution < 1.29 is 27.5 Å². The minimum absolute atomic E-state index is 0.130. The molecule has 2 rings (SSSR count). The summed E-state index contributed by atoms with van der Waals surface area (Å²) in [7, 11) is 0. The number of anilines is 1. The van der Waals surface area contributed by atoms with Crippen molar-refractivity contribution in [3.63, 3.8) is 0 Å². The molecule has 0 saturated carbocycles. The molecule has 0 unspecified atom stereocenters. The van der Waals surface area contributed by atoms with E-state index in [0.29, 0.717) is 0 Å². The van der Waals surface area contributed by atoms with Gasteiger partial charge >= 0.3 is 12.1 Å². The average molecular weight is 330 g/mol. The van der Waals surface area contributed by atoms with Crippen LogP contribution >= 0.6 is 0 Å². The largest absolute Gasteiger partial charge is 0.458 e. The van der Waals surface area contributed by atoms with Gasteiger partial charge in [-0.2, -0.15) is 13.2 Å². The van der Waals surface area contributed by atoms with E-state index in [0.717, 1.165) is 23.2 Å². The van der Waals surface area contributed by atoms with Crippen LogP contribution in [0.1, 0.15) is 39.3 Å². The van der Waals surface area contributed by atoms with E-state index in [2.05, 4.69) is 4.98 Å². The first-order chi connectivity index (χ1) is 10.5. The van der Waals surface area contributed by atoms with Crippen LogP contribution < -0.4 is 4.90 Å². The van der Waals surface area contributed by atoms with Gasteiger partial charge in [-0.1, -0.05) is 0 Å². The van der Waals surface area contributed by atoms with Crippen molar-refractivity contribution in [3.05, 3.63) is 24.0 Å². The van der Waals surface area contributed by atoms with Crippen molar-refractivity contribution >= 4 is 17.6 Å². The van der Waals surface area contributed by atoms with Gasteiger partial charge < -0.3 is 4.74 Å². The van der Waals surface area contributed by atoms with E-state index in [1.165, 1.54) is 0 Å². The van der Waals surface area contributed by atoms with Gasteiger partial charge in [0.25, 0.3) is 0 Å². The lowest BCUT2D eigenvalue weighted by atomic mass is 10.1. The Morgan fingerprint density at radius 3 is 2.43 bits per heavy atom. The van der Waals surface area contributed by atoms with Crippen molar-refractivity contribution in [3.8, 4) is 0 Å². The van der Waals surface area contributed by atoms with Gasteiger partial charge in [0, 0.05) is 6.42 Å². The third kappa shape index (κ3) is 4.00. The van der Waals surface area contributed by atoms with Gasteiger partial charge in [0.15, 0.2) is 0 Å². The smallest absolute Gasteiger partial charge is 0.433 e. The maximum Gasteiger partial charge on any atom is 0.433 e. The highest BCUT2D eigenvalue weighted by Gasteiger charge is 2.40. The van der Waals surface area contributed by atoms with E-state index in [1.54, 1.807) is 20.8 Å². The molecule has 1 fully saturated rings. The predicted octanol–water partition coefficient (Wildman–Crippen LogP) is 2.94. The SMILES string of the molecule is CC(C)(C)OC(=O)[C@@H]1CCC(=O)N1c1ccc(C(F)(F)F)nc1. The molecule has 0 aliphatic carbocycles. The van der Waals surface area contributed by atoms with Gasteiger partial charge in [-0.05, 0) is 39.3 Å². The number of hydrogen-bond donors (Lipinski definition) is 0. The Balaban J connectivity index is 2.25. The lowest BCUT2D eigenvalue weighted by Crippen LogP contribution is -2.42. The molecular weight excluding hydrogens is 313 g/mol. The number of alkyl halides is 3. The van der Waals surface area contributed by atoms with Crippen LogP contribution in [0.25, 0.3) is 0 Å². The number of pyridine rings is 1. The van der Waals surface area contributed by atoms with Gasteiger partial charge in [-0.25, -0.2) is 9.78 Å². The quantitative estimate of drug-likeness (QED) is 0.782. The van der Waals surface area contributed by atoms with E-state index in [4.69, 9.17) is 4.74 Å². The van der Waals surface area contributed by atoms with Crippen LogP contribution in [0.4, 0.5) is 18.9 Å². The standard InChI is InChI=1S/C15H17F3N2O3/c1-14(2,3)23-13(22)10-5-7-12(21)20(10)9-4-6-11(19-8-9)15(16,17)18/h4,6,8,10H,5,7H2,1-3H3/t10-/m0/s1. The topological polar surface area (TPSA) is 59.5 Å². The molecule has 0 N–H and O–H groups in total. The van der Waals surface area contributed by atoms with E-state index in [1.807, 2.05) is 0 Å². The molecule has 0 spiro atoms. The second-order valence-corrected chi connectivity index (χ2v) is 6.25. The fourth-order valence-electron chi connectivity index (χ4n) is 2.30. The summed E-state index contributed by atoms with van der Waals surface area (Å²) in [4.78, 5) is 28.7. The fraction of sp³-hybridized carbons (Fsp3) is 0.533. The maximum absolute atomic E-state index is 12.5. The van der Waals surface area contributed by atoms with Crippen LogP contribution in [0, 0.1) is 0 Å². The second-order valence-electron chi connectivity index (χ2n) is 6.25. The Bertz CT molecular complexity index is 606. The molecule has 126 valence electrons. The molecule has 0 radical (unpaired) electrons. The molecule has 1 amide bonds. The van der Waals surface area contributed by atoms with Crippen molar-refractivity contribution in [1.82, 2.24) is 4.98 Å². The van der Waals surface area contributed by atoms with E-state index in [9.17, 15) is 22.8 Å². The summed E-state index contributed by atoms with van der Waals surface area (Å²) in [5.41, 5.74) is -1.62. The molecule has 1 atom stereocenters. The summed E-state index contributed by atoms with van der Waals surface area (Å²) in [6.07, 6.45) is -3.22. The van der Waals surface area contributed by atoms with Crippen LogP contribution in [-0.2, 0) is 20.5 Å². The van der Waals surface area contributed by atoms with Gasteiger partial charge in [0.1, 0.15) is 17.3 Å². The van der Waals surface area contributed by atoms with Crippen LogP contribution in [0.15, 0.2) is 18.3 Å². The molecule has 1 saturated heterocycles. The highest BCUT2D eigenvalue weighted by atomic mass is 19.4. The monoisotopic (exact) mass is 330 g/mol. The highest BCUT2D eigenvalue weighted by molar-refractivity contribution is 6.02. The van der Waals surface area contributed by atoms with Gasteiger partial charge in [0.2, 0.25) is 5.91 Å². The maximum atomic E-state index is 12.5. The number of rotatable bonds is 2. The Kier molecular flexibility index (Phi) is 4.37. The van der Waals surface area contributed by atoms with Crippen molar-refractivity contribution in [2.24, 2.45) is 0 Å². The minimum atomic E-state index is -4.56. The summed E-state index contributed by atoms with van der Waals surface area (Å²) in [5, 5.41) is 0. The average Bonchev–Trinajstić information content (AvgIpc) is 2.78. The summed E-state index contributed by atoms with van der Waals surface area (Å²) >= 11 is 0. The molecule has 23 heavy (non-hydrogen) atoms. The zero-order valence-corrected chi connectivity index (χ0v) is 13.0. The van der Waals surface area contributed by atoms with E-state index >= 15 is 0 Å². The predicted molar refractivity (Wildman–Crippen MR) is 75.6 cm³/mol. The molecule has 5 nitrogen and oxygen atoms in total. The highest BCUT2D eigenvalue weighted by Crippen LogP contribution is 2.31. The van der Waals surface area contributed by atoms with Gasteiger partial charge in [0.05, 0.1) is 11.9 Å². The third-order valence-corrected chi connectivity index (χ3v) is 3.21. The molecular formula is C15H17F3N2O3. The Morgan fingerprint density at radius 2 is 1.96 bits per heavy atom. The number of ether oxygens (including phenoxy) is 1. The number of esters is 1. The Labute approximate surface area is 131 Å². The number of hydrogen-bond acceptors (Lipinski definition) is 4. The second kappa shape index (κ2) is 5.82. The molecule has 8 heteroatoms. The molecule has 1 aliphatic rings. The third-order valence-electron chi connectivity index (χ3n) is 3.21.